The van der Waals surface area contributed by atoms with Crippen LogP contribution in [0.5, 0.6) is 0 Å². The Kier molecular flexibility index (Phi) is 7.15. The van der Waals surface area contributed by atoms with Crippen LogP contribution in [0.2, 0.25) is 0 Å². The summed E-state index contributed by atoms with van der Waals surface area (Å²) in [7, 11) is 0. The third kappa shape index (κ3) is 5.06. The van der Waals surface area contributed by atoms with Crippen molar-refractivity contribution < 1.29 is 18.0 Å². The van der Waals surface area contributed by atoms with Gasteiger partial charge in [0.1, 0.15) is 28.8 Å². The fourth-order valence-corrected chi connectivity index (χ4v) is 5.28. The summed E-state index contributed by atoms with van der Waals surface area (Å²) in [5.41, 5.74) is 1.30. The Labute approximate surface area is 198 Å². The Bertz CT molecular complexity index is 1180. The first kappa shape index (κ1) is 24.1. The number of nitrogens with zero attached hydrogens (tertiary/aromatic N) is 2. The van der Waals surface area contributed by atoms with Gasteiger partial charge in [0.15, 0.2) is 5.78 Å². The van der Waals surface area contributed by atoms with E-state index in [9.17, 15) is 18.0 Å². The van der Waals surface area contributed by atoms with E-state index in [0.29, 0.717) is 29.7 Å². The van der Waals surface area contributed by atoms with E-state index in [4.69, 9.17) is 0 Å². The average Bonchev–Trinajstić information content (AvgIpc) is 2.79. The quantitative estimate of drug-likeness (QED) is 0.364. The molecule has 0 radical (unpaired) electrons. The van der Waals surface area contributed by atoms with Gasteiger partial charge in [-0.1, -0.05) is 20.8 Å². The van der Waals surface area contributed by atoms with Gasteiger partial charge in [-0.25, -0.2) is 18.2 Å². The molecule has 3 aromatic rings. The van der Waals surface area contributed by atoms with Gasteiger partial charge in [-0.15, -0.1) is 0 Å². The molecule has 1 aliphatic carbocycles. The van der Waals surface area contributed by atoms with Crippen molar-refractivity contribution in [3.63, 3.8) is 0 Å². The molecule has 1 aliphatic rings. The number of Topliss-reactive ketones (excluding diaryl/α,β-unsaturated/α-hetero) is 1. The van der Waals surface area contributed by atoms with E-state index in [0.717, 1.165) is 30.0 Å². The molecule has 2 heterocycles. The van der Waals surface area contributed by atoms with Gasteiger partial charge in [0.2, 0.25) is 0 Å². The van der Waals surface area contributed by atoms with Crippen molar-refractivity contribution in [1.82, 2.24) is 9.97 Å². The molecule has 0 bridgehead atoms. The number of aryl methyl sites for hydroxylation is 1. The van der Waals surface area contributed by atoms with Gasteiger partial charge in [-0.3, -0.25) is 9.78 Å². The van der Waals surface area contributed by atoms with Gasteiger partial charge < -0.3 is 0 Å². The van der Waals surface area contributed by atoms with Crippen LogP contribution in [-0.4, -0.2) is 15.8 Å². The topological polar surface area (TPSA) is 42.9 Å². The third-order valence-corrected chi connectivity index (χ3v) is 6.79. The number of ketones is 1. The summed E-state index contributed by atoms with van der Waals surface area (Å²) in [5, 5.41) is 0. The molecule has 0 spiro atoms. The number of rotatable bonds is 6. The lowest BCUT2D eigenvalue weighted by Gasteiger charge is -2.32. The number of pyridine rings is 2. The number of carbonyl (C=O) groups excluding carboxylic acids is 1. The Morgan fingerprint density at radius 1 is 0.971 bits per heavy atom. The summed E-state index contributed by atoms with van der Waals surface area (Å²) in [6.45, 7) is 6.28. The molecule has 0 aliphatic heterocycles. The van der Waals surface area contributed by atoms with Crippen LogP contribution in [0.3, 0.4) is 0 Å². The number of benzene rings is 1. The standard InChI is InChI=1S/C28H29F3N2O/c1-4-18-12-23(30)27(24(31)13-18)28-22(29)5-6-25(33-28)26(34)14-20-15-32-8-7-21(20)19-10-16(2)9-17(3)11-19/h5-8,12-13,15-17,19H,4,9-11,14H2,1-3H3/t16-,17+,19?. The molecule has 34 heavy (non-hydrogen) atoms. The molecule has 3 atom stereocenters. The highest BCUT2D eigenvalue weighted by Gasteiger charge is 2.27. The van der Waals surface area contributed by atoms with Crippen LogP contribution in [0.25, 0.3) is 11.3 Å². The van der Waals surface area contributed by atoms with E-state index in [1.165, 1.54) is 24.6 Å². The average molecular weight is 467 g/mol. The van der Waals surface area contributed by atoms with Crippen molar-refractivity contribution in [1.29, 1.82) is 0 Å². The molecule has 4 rings (SSSR count). The SMILES string of the molecule is CCc1cc(F)c(-c2nc(C(=O)Cc3cnccc3C3C[C@@H](C)C[C@@H](C)C3)ccc2F)c(F)c1. The van der Waals surface area contributed by atoms with E-state index in [-0.39, 0.29) is 17.9 Å². The van der Waals surface area contributed by atoms with Crippen molar-refractivity contribution in [2.75, 3.05) is 0 Å². The summed E-state index contributed by atoms with van der Waals surface area (Å²) >= 11 is 0. The molecule has 1 unspecified atom stereocenters. The largest absolute Gasteiger partial charge is 0.292 e. The molecule has 1 aromatic carbocycles. The summed E-state index contributed by atoms with van der Waals surface area (Å²) in [6.07, 6.45) is 7.23. The molecule has 2 aromatic heterocycles. The van der Waals surface area contributed by atoms with E-state index >= 15 is 0 Å². The van der Waals surface area contributed by atoms with Crippen LogP contribution in [0.1, 0.15) is 73.1 Å². The van der Waals surface area contributed by atoms with Crippen molar-refractivity contribution in [3.05, 3.63) is 82.6 Å². The number of halogens is 3. The van der Waals surface area contributed by atoms with Gasteiger partial charge >= 0.3 is 0 Å². The molecule has 178 valence electrons. The highest BCUT2D eigenvalue weighted by molar-refractivity contribution is 5.96. The minimum Gasteiger partial charge on any atom is -0.292 e. The van der Waals surface area contributed by atoms with Gasteiger partial charge in [-0.2, -0.15) is 0 Å². The van der Waals surface area contributed by atoms with Gasteiger partial charge in [0.25, 0.3) is 0 Å². The van der Waals surface area contributed by atoms with Crippen LogP contribution in [0.15, 0.2) is 42.7 Å². The van der Waals surface area contributed by atoms with Crippen LogP contribution in [0, 0.1) is 29.3 Å². The van der Waals surface area contributed by atoms with Crippen LogP contribution < -0.4 is 0 Å². The van der Waals surface area contributed by atoms with Gasteiger partial charge in [-0.05, 0) is 90.5 Å². The Morgan fingerprint density at radius 3 is 2.29 bits per heavy atom. The maximum Gasteiger partial charge on any atom is 0.185 e. The predicted molar refractivity (Wildman–Crippen MR) is 126 cm³/mol. The first-order valence-electron chi connectivity index (χ1n) is 11.9. The first-order chi connectivity index (χ1) is 16.3. The van der Waals surface area contributed by atoms with Gasteiger partial charge in [0.05, 0.1) is 5.56 Å². The van der Waals surface area contributed by atoms with Crippen LogP contribution in [-0.2, 0) is 12.8 Å². The zero-order valence-corrected chi connectivity index (χ0v) is 19.7. The highest BCUT2D eigenvalue weighted by Crippen LogP contribution is 2.40. The monoisotopic (exact) mass is 466 g/mol. The number of hydrogen-bond donors (Lipinski definition) is 0. The molecule has 0 amide bonds. The fraction of sp³-hybridized carbons (Fsp3) is 0.393. The number of hydrogen-bond acceptors (Lipinski definition) is 3. The smallest absolute Gasteiger partial charge is 0.185 e. The maximum absolute atomic E-state index is 14.6. The first-order valence-corrected chi connectivity index (χ1v) is 11.9. The number of aromatic nitrogens is 2. The molecule has 0 saturated heterocycles. The Balaban J connectivity index is 1.64. The number of carbonyl (C=O) groups is 1. The van der Waals surface area contributed by atoms with Crippen molar-refractivity contribution in [3.8, 4) is 11.3 Å². The second-order valence-electron chi connectivity index (χ2n) is 9.60. The molecule has 0 N–H and O–H groups in total. The molecule has 3 nitrogen and oxygen atoms in total. The van der Waals surface area contributed by atoms with E-state index in [1.54, 1.807) is 19.3 Å². The second-order valence-corrected chi connectivity index (χ2v) is 9.60. The van der Waals surface area contributed by atoms with E-state index in [1.807, 2.05) is 6.07 Å². The maximum atomic E-state index is 14.6. The fourth-order valence-electron chi connectivity index (χ4n) is 5.28. The third-order valence-electron chi connectivity index (χ3n) is 6.79. The molecule has 6 heteroatoms. The van der Waals surface area contributed by atoms with Crippen molar-refractivity contribution in [2.24, 2.45) is 11.8 Å². The van der Waals surface area contributed by atoms with E-state index in [2.05, 4.69) is 23.8 Å². The zero-order chi connectivity index (χ0) is 24.4. The zero-order valence-electron chi connectivity index (χ0n) is 19.7. The van der Waals surface area contributed by atoms with Crippen LogP contribution >= 0.6 is 0 Å². The summed E-state index contributed by atoms with van der Waals surface area (Å²) in [5.74, 6) is -1.47. The van der Waals surface area contributed by atoms with E-state index < -0.39 is 28.7 Å². The normalized spacial score (nSPS) is 20.4. The lowest BCUT2D eigenvalue weighted by molar-refractivity contribution is 0.0987. The minimum absolute atomic E-state index is 0.0325. The second kappa shape index (κ2) is 10.1. The molecular formula is C28H29F3N2O. The molecule has 1 fully saturated rings. The van der Waals surface area contributed by atoms with Crippen molar-refractivity contribution in [2.45, 2.75) is 58.8 Å². The predicted octanol–water partition coefficient (Wildman–Crippen LogP) is 7.09. The highest BCUT2D eigenvalue weighted by atomic mass is 19.1. The minimum atomic E-state index is -0.900. The lowest BCUT2D eigenvalue weighted by atomic mass is 9.73. The lowest BCUT2D eigenvalue weighted by Crippen LogP contribution is -2.20. The Hall–Kier alpha value is -3.02. The Morgan fingerprint density at radius 2 is 1.65 bits per heavy atom. The van der Waals surface area contributed by atoms with Crippen molar-refractivity contribution >= 4 is 5.78 Å². The summed E-state index contributed by atoms with van der Waals surface area (Å²) in [4.78, 5) is 21.4. The molecular weight excluding hydrogens is 437 g/mol. The summed E-state index contributed by atoms with van der Waals surface area (Å²) < 4.78 is 43.8. The van der Waals surface area contributed by atoms with Gasteiger partial charge in [0, 0.05) is 18.8 Å². The molecule has 1 saturated carbocycles. The van der Waals surface area contributed by atoms with Crippen LogP contribution in [0.4, 0.5) is 13.2 Å². The summed E-state index contributed by atoms with van der Waals surface area (Å²) in [6, 6.07) is 6.61.